The zero-order valence-electron chi connectivity index (χ0n) is 15.0. The number of hydrogen-bond acceptors (Lipinski definition) is 3. The van der Waals surface area contributed by atoms with Crippen molar-refractivity contribution in [1.29, 1.82) is 0 Å². The minimum Gasteiger partial charge on any atom is -0.337 e. The number of benzene rings is 1. The number of nitrogens with zero attached hydrogens (tertiary/aromatic N) is 3. The van der Waals surface area contributed by atoms with E-state index in [1.54, 1.807) is 17.3 Å². The van der Waals surface area contributed by atoms with Gasteiger partial charge in [-0.05, 0) is 41.5 Å². The number of aromatic nitrogens is 1. The first kappa shape index (κ1) is 20.4. The minimum atomic E-state index is -4.53. The third-order valence-corrected chi connectivity index (χ3v) is 4.88. The second kappa shape index (κ2) is 8.75. The molecule has 0 unspecified atom stereocenters. The molecule has 1 amide bonds. The largest absolute Gasteiger partial charge is 0.417 e. The summed E-state index contributed by atoms with van der Waals surface area (Å²) >= 11 is 5.61. The molecular weight excluding hydrogens is 391 g/mol. The number of hydrogen-bond donors (Lipinski definition) is 0. The molecule has 2 heterocycles. The van der Waals surface area contributed by atoms with Crippen molar-refractivity contribution >= 4 is 23.6 Å². The van der Waals surface area contributed by atoms with Gasteiger partial charge in [0.25, 0.3) is 0 Å². The van der Waals surface area contributed by atoms with E-state index in [0.29, 0.717) is 13.1 Å². The van der Waals surface area contributed by atoms with Crippen LogP contribution in [0.15, 0.2) is 48.8 Å². The van der Waals surface area contributed by atoms with Crippen LogP contribution >= 0.6 is 11.6 Å². The van der Waals surface area contributed by atoms with Crippen LogP contribution in [0.3, 0.4) is 0 Å². The molecule has 1 saturated heterocycles. The minimum absolute atomic E-state index is 0.216. The lowest BCUT2D eigenvalue weighted by Crippen LogP contribution is -2.47. The average Bonchev–Trinajstić information content (AvgIpc) is 2.67. The van der Waals surface area contributed by atoms with Crippen LogP contribution in [-0.4, -0.2) is 46.9 Å². The van der Waals surface area contributed by atoms with Crippen LogP contribution in [0, 0.1) is 0 Å². The van der Waals surface area contributed by atoms with E-state index in [1.807, 2.05) is 12.1 Å². The van der Waals surface area contributed by atoms with Gasteiger partial charge in [-0.25, -0.2) is 0 Å². The fraction of sp³-hybridized carbons (Fsp3) is 0.300. The zero-order valence-corrected chi connectivity index (χ0v) is 15.7. The van der Waals surface area contributed by atoms with Crippen molar-refractivity contribution in [3.8, 4) is 0 Å². The summed E-state index contributed by atoms with van der Waals surface area (Å²) in [5, 5.41) is -0.360. The quantitative estimate of drug-likeness (QED) is 0.713. The number of amides is 1. The molecule has 2 aromatic rings. The molecule has 148 valence electrons. The first-order chi connectivity index (χ1) is 13.3. The van der Waals surface area contributed by atoms with Gasteiger partial charge in [0.05, 0.1) is 10.6 Å². The third kappa shape index (κ3) is 5.33. The van der Waals surface area contributed by atoms with E-state index < -0.39 is 11.7 Å². The second-order valence-corrected chi connectivity index (χ2v) is 6.93. The van der Waals surface area contributed by atoms with E-state index in [4.69, 9.17) is 11.6 Å². The van der Waals surface area contributed by atoms with E-state index in [2.05, 4.69) is 9.88 Å². The van der Waals surface area contributed by atoms with Gasteiger partial charge in [0.15, 0.2) is 0 Å². The molecule has 1 aromatic carbocycles. The Morgan fingerprint density at radius 3 is 2.43 bits per heavy atom. The van der Waals surface area contributed by atoms with Crippen molar-refractivity contribution in [3.05, 3.63) is 70.5 Å². The number of pyridine rings is 1. The van der Waals surface area contributed by atoms with Crippen molar-refractivity contribution in [2.75, 3.05) is 26.2 Å². The summed E-state index contributed by atoms with van der Waals surface area (Å²) in [7, 11) is 0. The SMILES string of the molecule is O=C(/C=C/c1ccc(Cl)c(C(F)(F)F)c1)N1CCN(Cc2ccncc2)CC1. The highest BCUT2D eigenvalue weighted by atomic mass is 35.5. The number of rotatable bonds is 4. The maximum Gasteiger partial charge on any atom is 0.417 e. The Kier molecular flexibility index (Phi) is 6.36. The molecule has 4 nitrogen and oxygen atoms in total. The van der Waals surface area contributed by atoms with Gasteiger partial charge in [-0.3, -0.25) is 14.7 Å². The molecule has 28 heavy (non-hydrogen) atoms. The van der Waals surface area contributed by atoms with E-state index in [0.717, 1.165) is 31.3 Å². The van der Waals surface area contributed by atoms with Crippen molar-refractivity contribution in [3.63, 3.8) is 0 Å². The lowest BCUT2D eigenvalue weighted by molar-refractivity contribution is -0.137. The highest BCUT2D eigenvalue weighted by Gasteiger charge is 2.33. The lowest BCUT2D eigenvalue weighted by Gasteiger charge is -2.34. The Bertz CT molecular complexity index is 848. The van der Waals surface area contributed by atoms with Crippen LogP contribution in [0.25, 0.3) is 6.08 Å². The van der Waals surface area contributed by atoms with Gasteiger partial charge in [0.1, 0.15) is 0 Å². The number of halogens is 4. The summed E-state index contributed by atoms with van der Waals surface area (Å²) in [4.78, 5) is 20.3. The van der Waals surface area contributed by atoms with Crippen LogP contribution in [0.5, 0.6) is 0 Å². The van der Waals surface area contributed by atoms with E-state index >= 15 is 0 Å². The molecule has 0 N–H and O–H groups in total. The van der Waals surface area contributed by atoms with Crippen LogP contribution in [0.1, 0.15) is 16.7 Å². The lowest BCUT2D eigenvalue weighted by atomic mass is 10.1. The van der Waals surface area contributed by atoms with Crippen molar-refractivity contribution in [2.24, 2.45) is 0 Å². The molecule has 1 aromatic heterocycles. The Labute approximate surface area is 166 Å². The van der Waals surface area contributed by atoms with Crippen LogP contribution in [0.4, 0.5) is 13.2 Å². The average molecular weight is 410 g/mol. The number of alkyl halides is 3. The molecule has 3 rings (SSSR count). The van der Waals surface area contributed by atoms with Crippen molar-refractivity contribution in [2.45, 2.75) is 12.7 Å². The first-order valence-electron chi connectivity index (χ1n) is 8.78. The van der Waals surface area contributed by atoms with Gasteiger partial charge in [-0.2, -0.15) is 13.2 Å². The van der Waals surface area contributed by atoms with E-state index in [-0.39, 0.29) is 16.5 Å². The van der Waals surface area contributed by atoms with Gasteiger partial charge in [-0.1, -0.05) is 17.7 Å². The monoisotopic (exact) mass is 409 g/mol. The summed E-state index contributed by atoms with van der Waals surface area (Å²) in [5.41, 5.74) is 0.535. The molecular formula is C20H19ClF3N3O. The highest BCUT2D eigenvalue weighted by molar-refractivity contribution is 6.31. The molecule has 0 atom stereocenters. The van der Waals surface area contributed by atoms with E-state index in [9.17, 15) is 18.0 Å². The topological polar surface area (TPSA) is 36.4 Å². The third-order valence-electron chi connectivity index (χ3n) is 4.55. The summed E-state index contributed by atoms with van der Waals surface area (Å²) in [5.74, 6) is -0.216. The fourth-order valence-corrected chi connectivity index (χ4v) is 3.23. The van der Waals surface area contributed by atoms with Crippen LogP contribution < -0.4 is 0 Å². The van der Waals surface area contributed by atoms with Crippen molar-refractivity contribution in [1.82, 2.24) is 14.8 Å². The van der Waals surface area contributed by atoms with Gasteiger partial charge in [0, 0.05) is 51.2 Å². The normalized spacial score (nSPS) is 15.9. The van der Waals surface area contributed by atoms with Gasteiger partial charge in [-0.15, -0.1) is 0 Å². The van der Waals surface area contributed by atoms with Crippen molar-refractivity contribution < 1.29 is 18.0 Å². The predicted molar refractivity (Wildman–Crippen MR) is 102 cm³/mol. The van der Waals surface area contributed by atoms with Crippen LogP contribution in [-0.2, 0) is 17.5 Å². The Balaban J connectivity index is 1.56. The molecule has 0 radical (unpaired) electrons. The summed E-state index contributed by atoms with van der Waals surface area (Å²) in [6.07, 6.45) is 1.66. The maximum absolute atomic E-state index is 12.9. The molecule has 0 saturated carbocycles. The van der Waals surface area contributed by atoms with Gasteiger partial charge >= 0.3 is 6.18 Å². The van der Waals surface area contributed by atoms with Crippen LogP contribution in [0.2, 0.25) is 5.02 Å². The summed E-state index contributed by atoms with van der Waals surface area (Å²) in [6, 6.07) is 7.50. The Hall–Kier alpha value is -2.38. The zero-order chi connectivity index (χ0) is 20.1. The number of carbonyl (C=O) groups is 1. The summed E-state index contributed by atoms with van der Waals surface area (Å²) in [6.45, 7) is 3.42. The number of carbonyl (C=O) groups excluding carboxylic acids is 1. The first-order valence-corrected chi connectivity index (χ1v) is 9.16. The molecule has 0 aliphatic carbocycles. The fourth-order valence-electron chi connectivity index (χ4n) is 3.01. The molecule has 1 aliphatic rings. The smallest absolute Gasteiger partial charge is 0.337 e. The molecule has 1 fully saturated rings. The highest BCUT2D eigenvalue weighted by Crippen LogP contribution is 2.35. The second-order valence-electron chi connectivity index (χ2n) is 6.53. The Morgan fingerprint density at radius 1 is 1.11 bits per heavy atom. The summed E-state index contributed by atoms with van der Waals surface area (Å²) < 4.78 is 38.8. The Morgan fingerprint density at radius 2 is 1.79 bits per heavy atom. The van der Waals surface area contributed by atoms with E-state index in [1.165, 1.54) is 24.3 Å². The predicted octanol–water partition coefficient (Wildman–Crippen LogP) is 4.11. The van der Waals surface area contributed by atoms with Gasteiger partial charge < -0.3 is 4.90 Å². The number of piperazine rings is 1. The maximum atomic E-state index is 12.9. The molecule has 0 bridgehead atoms. The molecule has 1 aliphatic heterocycles. The molecule has 8 heteroatoms. The van der Waals surface area contributed by atoms with Gasteiger partial charge in [0.2, 0.25) is 5.91 Å². The molecule has 0 spiro atoms. The standard InChI is InChI=1S/C20H19ClF3N3O/c21-18-3-1-15(13-17(18)20(22,23)24)2-4-19(28)27-11-9-26(10-12-27)14-16-5-7-25-8-6-16/h1-8,13H,9-12,14H2/b4-2+.